The zero-order valence-electron chi connectivity index (χ0n) is 8.14. The van der Waals surface area contributed by atoms with Crippen molar-refractivity contribution in [2.24, 2.45) is 5.92 Å². The van der Waals surface area contributed by atoms with E-state index in [1.165, 1.54) is 11.8 Å². The lowest BCUT2D eigenvalue weighted by Crippen LogP contribution is -2.36. The Kier molecular flexibility index (Phi) is 3.95. The van der Waals surface area contributed by atoms with Crippen molar-refractivity contribution in [1.82, 2.24) is 4.98 Å². The van der Waals surface area contributed by atoms with E-state index in [9.17, 15) is 9.90 Å². The third-order valence-electron chi connectivity index (χ3n) is 1.72. The van der Waals surface area contributed by atoms with Crippen molar-refractivity contribution in [3.63, 3.8) is 0 Å². The zero-order chi connectivity index (χ0) is 10.6. The molecule has 0 N–H and O–H groups in total. The van der Waals surface area contributed by atoms with Crippen molar-refractivity contribution in [3.8, 4) is 0 Å². The molecule has 4 heteroatoms. The molecule has 0 amide bonds. The molecule has 1 heterocycles. The predicted molar refractivity (Wildman–Crippen MR) is 53.7 cm³/mol. The van der Waals surface area contributed by atoms with Crippen LogP contribution in [0.5, 0.6) is 0 Å². The fourth-order valence-electron chi connectivity index (χ4n) is 1.00. The number of carbonyl (C=O) groups is 1. The van der Waals surface area contributed by atoms with E-state index in [1.807, 2.05) is 19.9 Å². The maximum atomic E-state index is 10.8. The Morgan fingerprint density at radius 1 is 1.50 bits per heavy atom. The van der Waals surface area contributed by atoms with Gasteiger partial charge < -0.3 is 9.90 Å². The molecule has 0 fully saturated rings. The van der Waals surface area contributed by atoms with Gasteiger partial charge in [0.15, 0.2) is 0 Å². The monoisotopic (exact) mass is 210 g/mol. The standard InChI is InChI=1S/C10H13NO2S/c1-7(2)9(10(12)13)14-8-5-3-4-6-11-8/h3-7,9H,1-2H3,(H,12,13)/p-1/t9-/m0/s1. The summed E-state index contributed by atoms with van der Waals surface area (Å²) in [4.78, 5) is 14.8. The lowest BCUT2D eigenvalue weighted by atomic mass is 10.1. The molecule has 0 aliphatic rings. The van der Waals surface area contributed by atoms with E-state index in [4.69, 9.17) is 0 Å². The number of thioether (sulfide) groups is 1. The molecule has 0 aliphatic carbocycles. The highest BCUT2D eigenvalue weighted by Gasteiger charge is 2.16. The van der Waals surface area contributed by atoms with E-state index in [0.29, 0.717) is 0 Å². The summed E-state index contributed by atoms with van der Waals surface area (Å²) in [5.74, 6) is -0.998. The van der Waals surface area contributed by atoms with Gasteiger partial charge in [0.05, 0.1) is 16.2 Å². The van der Waals surface area contributed by atoms with Crippen molar-refractivity contribution in [3.05, 3.63) is 24.4 Å². The summed E-state index contributed by atoms with van der Waals surface area (Å²) in [5.41, 5.74) is 0. The van der Waals surface area contributed by atoms with Gasteiger partial charge >= 0.3 is 0 Å². The Bertz CT molecular complexity index is 300. The van der Waals surface area contributed by atoms with Crippen LogP contribution in [0.3, 0.4) is 0 Å². The van der Waals surface area contributed by atoms with Gasteiger partial charge in [-0.3, -0.25) is 0 Å². The molecule has 0 saturated heterocycles. The van der Waals surface area contributed by atoms with E-state index >= 15 is 0 Å². The normalized spacial score (nSPS) is 12.8. The fourth-order valence-corrected chi connectivity index (χ4v) is 1.91. The molecule has 14 heavy (non-hydrogen) atoms. The molecule has 0 radical (unpaired) electrons. The van der Waals surface area contributed by atoms with E-state index < -0.39 is 11.2 Å². The minimum absolute atomic E-state index is 0.0343. The summed E-state index contributed by atoms with van der Waals surface area (Å²) in [6.45, 7) is 3.72. The predicted octanol–water partition coefficient (Wildman–Crippen LogP) is 0.948. The lowest BCUT2D eigenvalue weighted by Gasteiger charge is -2.20. The third-order valence-corrected chi connectivity index (χ3v) is 3.20. The van der Waals surface area contributed by atoms with Crippen LogP contribution < -0.4 is 5.11 Å². The molecule has 3 nitrogen and oxygen atoms in total. The van der Waals surface area contributed by atoms with Gasteiger partial charge in [-0.05, 0) is 18.1 Å². The van der Waals surface area contributed by atoms with E-state index in [2.05, 4.69) is 4.98 Å². The fraction of sp³-hybridized carbons (Fsp3) is 0.400. The number of nitrogens with zero attached hydrogens (tertiary/aromatic N) is 1. The largest absolute Gasteiger partial charge is 0.549 e. The van der Waals surface area contributed by atoms with Crippen molar-refractivity contribution in [2.45, 2.75) is 24.1 Å². The summed E-state index contributed by atoms with van der Waals surface area (Å²) in [5, 5.41) is 11.0. The first-order valence-electron chi connectivity index (χ1n) is 4.40. The first kappa shape index (κ1) is 11.0. The molecule has 1 rings (SSSR count). The highest BCUT2D eigenvalue weighted by Crippen LogP contribution is 2.25. The molecule has 76 valence electrons. The Balaban J connectivity index is 2.70. The van der Waals surface area contributed by atoms with Crippen LogP contribution in [0.2, 0.25) is 0 Å². The van der Waals surface area contributed by atoms with Crippen LogP contribution in [-0.4, -0.2) is 16.2 Å². The molecule has 0 spiro atoms. The van der Waals surface area contributed by atoms with Crippen LogP contribution in [0.15, 0.2) is 29.4 Å². The molecule has 1 aromatic heterocycles. The van der Waals surface area contributed by atoms with Crippen LogP contribution in [0.1, 0.15) is 13.8 Å². The SMILES string of the molecule is CC(C)[C@H](Sc1ccccn1)C(=O)[O-]. The summed E-state index contributed by atoms with van der Waals surface area (Å²) in [7, 11) is 0. The summed E-state index contributed by atoms with van der Waals surface area (Å²) >= 11 is 1.23. The minimum Gasteiger partial charge on any atom is -0.549 e. The third kappa shape index (κ3) is 3.03. The molecular weight excluding hydrogens is 198 g/mol. The van der Waals surface area contributed by atoms with Crippen LogP contribution in [0, 0.1) is 5.92 Å². The summed E-state index contributed by atoms with van der Waals surface area (Å²) in [6, 6.07) is 5.43. The summed E-state index contributed by atoms with van der Waals surface area (Å²) < 4.78 is 0. The van der Waals surface area contributed by atoms with Gasteiger partial charge in [-0.2, -0.15) is 0 Å². The first-order chi connectivity index (χ1) is 6.61. The topological polar surface area (TPSA) is 53.0 Å². The van der Waals surface area contributed by atoms with Crippen LogP contribution >= 0.6 is 11.8 Å². The van der Waals surface area contributed by atoms with Gasteiger partial charge in [0.2, 0.25) is 0 Å². The molecule has 0 saturated carbocycles. The van der Waals surface area contributed by atoms with Crippen molar-refractivity contribution >= 4 is 17.7 Å². The number of hydrogen-bond acceptors (Lipinski definition) is 4. The molecule has 0 unspecified atom stereocenters. The maximum Gasteiger partial charge on any atom is 0.0966 e. The first-order valence-corrected chi connectivity index (χ1v) is 5.27. The molecular formula is C10H12NO2S-. The van der Waals surface area contributed by atoms with Crippen LogP contribution in [0.25, 0.3) is 0 Å². The highest BCUT2D eigenvalue weighted by molar-refractivity contribution is 8.00. The van der Waals surface area contributed by atoms with Gasteiger partial charge in [-0.25, -0.2) is 4.98 Å². The number of carboxylic acids is 1. The number of hydrogen-bond donors (Lipinski definition) is 0. The Morgan fingerprint density at radius 2 is 2.21 bits per heavy atom. The van der Waals surface area contributed by atoms with Gasteiger partial charge in [-0.15, -0.1) is 0 Å². The number of carboxylic acid groups (broad SMARTS) is 1. The second-order valence-corrected chi connectivity index (χ2v) is 4.43. The van der Waals surface area contributed by atoms with E-state index in [-0.39, 0.29) is 5.92 Å². The van der Waals surface area contributed by atoms with Crippen molar-refractivity contribution in [1.29, 1.82) is 0 Å². The molecule has 0 bridgehead atoms. The molecule has 0 aromatic carbocycles. The quantitative estimate of drug-likeness (QED) is 0.694. The lowest BCUT2D eigenvalue weighted by molar-refractivity contribution is -0.305. The minimum atomic E-state index is -1.03. The number of aliphatic carboxylic acids is 1. The van der Waals surface area contributed by atoms with E-state index in [1.54, 1.807) is 18.3 Å². The van der Waals surface area contributed by atoms with E-state index in [0.717, 1.165) is 5.03 Å². The Morgan fingerprint density at radius 3 is 2.64 bits per heavy atom. The van der Waals surface area contributed by atoms with Gasteiger partial charge in [0, 0.05) is 6.20 Å². The van der Waals surface area contributed by atoms with Gasteiger partial charge in [0.25, 0.3) is 0 Å². The number of rotatable bonds is 4. The Hall–Kier alpha value is -1.03. The zero-order valence-corrected chi connectivity index (χ0v) is 8.95. The van der Waals surface area contributed by atoms with Gasteiger partial charge in [-0.1, -0.05) is 31.7 Å². The number of pyridine rings is 1. The van der Waals surface area contributed by atoms with Crippen LogP contribution in [0.4, 0.5) is 0 Å². The van der Waals surface area contributed by atoms with Crippen molar-refractivity contribution in [2.75, 3.05) is 0 Å². The summed E-state index contributed by atoms with van der Waals surface area (Å²) in [6.07, 6.45) is 1.65. The maximum absolute atomic E-state index is 10.8. The molecule has 0 aliphatic heterocycles. The molecule has 1 atom stereocenters. The highest BCUT2D eigenvalue weighted by atomic mass is 32.2. The van der Waals surface area contributed by atoms with Gasteiger partial charge in [0.1, 0.15) is 0 Å². The Labute approximate surface area is 87.6 Å². The number of carbonyl (C=O) groups excluding carboxylic acids is 1. The second kappa shape index (κ2) is 5.00. The van der Waals surface area contributed by atoms with Crippen molar-refractivity contribution < 1.29 is 9.90 Å². The van der Waals surface area contributed by atoms with Crippen LogP contribution in [-0.2, 0) is 4.79 Å². The number of aromatic nitrogens is 1. The average Bonchev–Trinajstić information content (AvgIpc) is 2.15. The smallest absolute Gasteiger partial charge is 0.0966 e. The molecule has 1 aromatic rings. The second-order valence-electron chi connectivity index (χ2n) is 3.27. The average molecular weight is 210 g/mol.